The lowest BCUT2D eigenvalue weighted by Crippen LogP contribution is -2.52. The largest absolute Gasteiger partial charge is 0.394 e. The Bertz CT molecular complexity index is 1180. The van der Waals surface area contributed by atoms with Crippen LogP contribution in [0.15, 0.2) is 36.9 Å². The third kappa shape index (κ3) is 3.49. The van der Waals surface area contributed by atoms with E-state index in [0.29, 0.717) is 22.9 Å². The van der Waals surface area contributed by atoms with Crippen LogP contribution in [0.1, 0.15) is 49.8 Å². The fourth-order valence-corrected chi connectivity index (χ4v) is 6.30. The van der Waals surface area contributed by atoms with Gasteiger partial charge < -0.3 is 25.4 Å². The van der Waals surface area contributed by atoms with E-state index in [1.165, 1.54) is 31.1 Å². The molecule has 2 bridgehead atoms. The van der Waals surface area contributed by atoms with Gasteiger partial charge in [-0.1, -0.05) is 23.7 Å². The van der Waals surface area contributed by atoms with Gasteiger partial charge in [0, 0.05) is 16.5 Å². The quantitative estimate of drug-likeness (QED) is 0.434. The molecule has 2 aromatic heterocycles. The van der Waals surface area contributed by atoms with E-state index in [9.17, 15) is 15.3 Å². The summed E-state index contributed by atoms with van der Waals surface area (Å²) in [5.74, 6) is 1.72. The summed E-state index contributed by atoms with van der Waals surface area (Å²) >= 11 is 6.15. The van der Waals surface area contributed by atoms with E-state index in [0.717, 1.165) is 30.2 Å². The molecule has 7 rings (SSSR count). The number of imidazole rings is 1. The predicted molar refractivity (Wildman–Crippen MR) is 125 cm³/mol. The number of rotatable bonds is 5. The zero-order chi connectivity index (χ0) is 23.4. The number of hydrogen-bond donors (Lipinski definition) is 4. The monoisotopic (exact) mass is 485 g/mol. The molecule has 9 nitrogen and oxygen atoms in total. The minimum Gasteiger partial charge on any atom is -0.394 e. The van der Waals surface area contributed by atoms with Crippen molar-refractivity contribution in [3.63, 3.8) is 0 Å². The normalized spacial score (nSPS) is 35.2. The Hall–Kier alpha value is -2.30. The Labute approximate surface area is 201 Å². The zero-order valence-electron chi connectivity index (χ0n) is 18.6. The lowest BCUT2D eigenvalue weighted by atomic mass is 9.58. The summed E-state index contributed by atoms with van der Waals surface area (Å²) in [6, 6.07) is 8.17. The van der Waals surface area contributed by atoms with Crippen molar-refractivity contribution in [2.45, 2.75) is 68.1 Å². The zero-order valence-corrected chi connectivity index (χ0v) is 19.3. The first-order chi connectivity index (χ1) is 16.5. The Morgan fingerprint density at radius 2 is 1.85 bits per heavy atom. The molecule has 5 atom stereocenters. The summed E-state index contributed by atoms with van der Waals surface area (Å²) in [6.07, 6.45) is 4.44. The second-order valence-electron chi connectivity index (χ2n) is 9.84. The van der Waals surface area contributed by atoms with Crippen molar-refractivity contribution in [3.8, 4) is 0 Å². The number of halogens is 1. The second-order valence-corrected chi connectivity index (χ2v) is 10.3. The van der Waals surface area contributed by atoms with Crippen LogP contribution in [0.25, 0.3) is 11.2 Å². The highest BCUT2D eigenvalue weighted by atomic mass is 35.5. The van der Waals surface area contributed by atoms with Crippen LogP contribution in [0, 0.1) is 5.92 Å². The number of nitrogens with one attached hydrogen (secondary N) is 1. The molecule has 3 aliphatic carbocycles. The van der Waals surface area contributed by atoms with Gasteiger partial charge >= 0.3 is 0 Å². The van der Waals surface area contributed by atoms with Crippen molar-refractivity contribution in [3.05, 3.63) is 47.5 Å². The van der Waals surface area contributed by atoms with E-state index in [4.69, 9.17) is 16.3 Å². The maximum Gasteiger partial charge on any atom is 0.167 e. The summed E-state index contributed by atoms with van der Waals surface area (Å²) in [7, 11) is 0. The van der Waals surface area contributed by atoms with Crippen LogP contribution >= 0.6 is 11.6 Å². The van der Waals surface area contributed by atoms with Crippen LogP contribution in [0.3, 0.4) is 0 Å². The molecular weight excluding hydrogens is 458 g/mol. The molecule has 34 heavy (non-hydrogen) atoms. The number of aromatic nitrogens is 4. The molecule has 3 aromatic rings. The molecule has 1 aliphatic heterocycles. The summed E-state index contributed by atoms with van der Waals surface area (Å²) in [5, 5.41) is 34.6. The summed E-state index contributed by atoms with van der Waals surface area (Å²) in [6.45, 7) is -0.390. The van der Waals surface area contributed by atoms with Crippen LogP contribution < -0.4 is 5.32 Å². The lowest BCUT2D eigenvalue weighted by molar-refractivity contribution is -0.0511. The van der Waals surface area contributed by atoms with E-state index < -0.39 is 31.1 Å². The minimum atomic E-state index is -1.21. The minimum absolute atomic E-state index is 0.144. The van der Waals surface area contributed by atoms with Crippen LogP contribution in [-0.2, 0) is 4.74 Å². The molecule has 1 aromatic carbocycles. The molecule has 4 aliphatic rings. The number of aliphatic hydroxyl groups excluding tert-OH is 3. The predicted octanol–water partition coefficient (Wildman–Crippen LogP) is 2.62. The van der Waals surface area contributed by atoms with Crippen molar-refractivity contribution >= 4 is 28.6 Å². The van der Waals surface area contributed by atoms with Crippen molar-refractivity contribution in [1.82, 2.24) is 19.5 Å². The highest BCUT2D eigenvalue weighted by molar-refractivity contribution is 6.30. The fraction of sp³-hybridized carbons (Fsp3) is 0.542. The molecule has 0 radical (unpaired) electrons. The van der Waals surface area contributed by atoms with Crippen molar-refractivity contribution in [2.75, 3.05) is 11.9 Å². The molecule has 180 valence electrons. The smallest absolute Gasteiger partial charge is 0.167 e. The highest BCUT2D eigenvalue weighted by Crippen LogP contribution is 2.54. The van der Waals surface area contributed by atoms with E-state index >= 15 is 0 Å². The summed E-state index contributed by atoms with van der Waals surface area (Å²) in [5.41, 5.74) is 2.21. The first-order valence-electron chi connectivity index (χ1n) is 11.8. The molecular formula is C24H28ClN5O4. The molecule has 1 unspecified atom stereocenters. The third-order valence-electron chi connectivity index (χ3n) is 8.02. The van der Waals surface area contributed by atoms with Gasteiger partial charge in [-0.2, -0.15) is 0 Å². The first kappa shape index (κ1) is 22.2. The van der Waals surface area contributed by atoms with E-state index in [-0.39, 0.29) is 5.54 Å². The lowest BCUT2D eigenvalue weighted by Gasteiger charge is -2.53. The average Bonchev–Trinajstić information content (AvgIpc) is 3.41. The van der Waals surface area contributed by atoms with Crippen LogP contribution in [0.5, 0.6) is 0 Å². The first-order valence-corrected chi connectivity index (χ1v) is 12.2. The maximum atomic E-state index is 10.5. The molecule has 0 spiro atoms. The van der Waals surface area contributed by atoms with Gasteiger partial charge in [-0.3, -0.25) is 4.57 Å². The van der Waals surface area contributed by atoms with E-state index in [2.05, 4.69) is 32.4 Å². The number of aliphatic hydroxyl groups is 3. The van der Waals surface area contributed by atoms with Gasteiger partial charge in [0.1, 0.15) is 24.6 Å². The van der Waals surface area contributed by atoms with Gasteiger partial charge in [-0.15, -0.1) is 0 Å². The van der Waals surface area contributed by atoms with Crippen molar-refractivity contribution < 1.29 is 20.1 Å². The van der Waals surface area contributed by atoms with E-state index in [1.807, 2.05) is 12.1 Å². The Morgan fingerprint density at radius 3 is 2.56 bits per heavy atom. The molecule has 10 heteroatoms. The Morgan fingerprint density at radius 1 is 1.09 bits per heavy atom. The van der Waals surface area contributed by atoms with Crippen LogP contribution in [0.4, 0.5) is 5.82 Å². The van der Waals surface area contributed by atoms with Gasteiger partial charge in [0.05, 0.1) is 12.9 Å². The summed E-state index contributed by atoms with van der Waals surface area (Å²) in [4.78, 5) is 13.5. The third-order valence-corrected chi connectivity index (χ3v) is 8.28. The highest BCUT2D eigenvalue weighted by Gasteiger charge is 2.49. The summed E-state index contributed by atoms with van der Waals surface area (Å²) < 4.78 is 7.29. The van der Waals surface area contributed by atoms with Crippen LogP contribution in [0.2, 0.25) is 5.02 Å². The van der Waals surface area contributed by atoms with E-state index in [1.54, 1.807) is 4.57 Å². The fourth-order valence-electron chi connectivity index (χ4n) is 6.17. The Balaban J connectivity index is 1.35. The maximum absolute atomic E-state index is 10.5. The van der Waals surface area contributed by atoms with Gasteiger partial charge in [-0.05, 0) is 55.7 Å². The number of anilines is 1. The van der Waals surface area contributed by atoms with Crippen molar-refractivity contribution in [2.24, 2.45) is 5.92 Å². The molecule has 0 amide bonds. The molecule has 3 saturated carbocycles. The number of benzene rings is 1. The molecule has 3 heterocycles. The van der Waals surface area contributed by atoms with Gasteiger partial charge in [-0.25, -0.2) is 15.0 Å². The topological polar surface area (TPSA) is 126 Å². The SMILES string of the molecule is OC[C@H]1O[C@@H](n2cnc3c(NC45CCC(CC4)CC5c4ccc(Cl)cc4)ncnc32)[C@H](O)[C@@H]1O. The standard InChI is InChI=1S/C24H28ClN5O4/c25-15-3-1-14(2-4-15)16-9-13-5-7-24(16,8-6-13)29-21-18-22(27-11-26-21)30(12-28-18)23-20(33)19(32)17(10-31)34-23/h1-4,11-13,16-17,19-20,23,31-33H,5-10H2,(H,26,27,29)/t13?,16?,17-,19-,20-,23-,24?/m1/s1. The number of ether oxygens (including phenoxy) is 1. The van der Waals surface area contributed by atoms with Crippen LogP contribution in [-0.4, -0.2) is 65.3 Å². The molecule has 4 N–H and O–H groups in total. The van der Waals surface area contributed by atoms with Gasteiger partial charge in [0.15, 0.2) is 23.2 Å². The average molecular weight is 486 g/mol. The number of nitrogens with zero attached hydrogens (tertiary/aromatic N) is 4. The second kappa shape index (κ2) is 8.42. The Kier molecular flexibility index (Phi) is 5.50. The number of hydrogen-bond acceptors (Lipinski definition) is 8. The molecule has 4 fully saturated rings. The number of fused-ring (bicyclic) bond motifs is 4. The van der Waals surface area contributed by atoms with Gasteiger partial charge in [0.2, 0.25) is 0 Å². The van der Waals surface area contributed by atoms with Gasteiger partial charge in [0.25, 0.3) is 0 Å². The van der Waals surface area contributed by atoms with Crippen molar-refractivity contribution in [1.29, 1.82) is 0 Å². The molecule has 1 saturated heterocycles.